The molecule has 124 valence electrons. The van der Waals surface area contributed by atoms with Gasteiger partial charge in [0.2, 0.25) is 10.0 Å². The number of rotatable bonds is 7. The molecular weight excluding hydrogens is 330 g/mol. The first-order chi connectivity index (χ1) is 10.4. The van der Waals surface area contributed by atoms with Crippen molar-refractivity contribution >= 4 is 27.3 Å². The highest BCUT2D eigenvalue weighted by Crippen LogP contribution is 2.33. The number of hydrogen-bond donors (Lipinski definition) is 1. The summed E-state index contributed by atoms with van der Waals surface area (Å²) in [4.78, 5) is 10.6. The number of aliphatic carboxylic acids is 1. The van der Waals surface area contributed by atoms with Crippen molar-refractivity contribution in [1.82, 2.24) is 4.31 Å². The van der Waals surface area contributed by atoms with Crippen LogP contribution >= 0.6 is 11.3 Å². The fourth-order valence-corrected chi connectivity index (χ4v) is 5.20. The van der Waals surface area contributed by atoms with Crippen molar-refractivity contribution in [2.75, 3.05) is 33.4 Å². The molecule has 7 nitrogen and oxygen atoms in total. The lowest BCUT2D eigenvalue weighted by atomic mass is 10.0. The van der Waals surface area contributed by atoms with Crippen LogP contribution in [0, 0.1) is 5.92 Å². The van der Waals surface area contributed by atoms with Gasteiger partial charge in [-0.2, -0.15) is 4.31 Å². The Hall–Kier alpha value is -1.16. The molecular formula is C13H19NO6S2. The Bertz CT molecular complexity index is 612. The van der Waals surface area contributed by atoms with Crippen LogP contribution in [0.2, 0.25) is 0 Å². The fraction of sp³-hybridized carbons (Fsp3) is 0.615. The Labute approximate surface area is 133 Å². The summed E-state index contributed by atoms with van der Waals surface area (Å²) in [5.41, 5.74) is 0. The van der Waals surface area contributed by atoms with Crippen molar-refractivity contribution < 1.29 is 27.8 Å². The van der Waals surface area contributed by atoms with Crippen molar-refractivity contribution in [3.63, 3.8) is 0 Å². The average molecular weight is 349 g/mol. The molecule has 1 aromatic rings. The minimum atomic E-state index is -3.59. The highest BCUT2D eigenvalue weighted by Gasteiger charge is 2.32. The van der Waals surface area contributed by atoms with E-state index in [4.69, 9.17) is 14.6 Å². The monoisotopic (exact) mass is 349 g/mol. The first kappa shape index (κ1) is 17.2. The van der Waals surface area contributed by atoms with Crippen LogP contribution in [-0.4, -0.2) is 57.2 Å². The standard InChI is InChI=1S/C13H19NO6S2/c1-19-13-11(4-6-21-13)22(17,18)14-5-2-3-10(7-14)8-20-9-12(15)16/h4,6,10H,2-3,5,7-9H2,1H3,(H,15,16). The quantitative estimate of drug-likeness (QED) is 0.796. The third kappa shape index (κ3) is 3.97. The highest BCUT2D eigenvalue weighted by atomic mass is 32.2. The first-order valence-electron chi connectivity index (χ1n) is 6.86. The second-order valence-electron chi connectivity index (χ2n) is 5.06. The maximum atomic E-state index is 12.7. The van der Waals surface area contributed by atoms with E-state index in [0.29, 0.717) is 18.2 Å². The van der Waals surface area contributed by atoms with Gasteiger partial charge in [0.05, 0.1) is 13.7 Å². The minimum absolute atomic E-state index is 0.00695. The predicted octanol–water partition coefficient (Wildman–Crippen LogP) is 1.26. The number of carboxylic acid groups (broad SMARTS) is 1. The largest absolute Gasteiger partial charge is 0.486 e. The summed E-state index contributed by atoms with van der Waals surface area (Å²) in [6.07, 6.45) is 1.55. The number of carboxylic acids is 1. The summed E-state index contributed by atoms with van der Waals surface area (Å²) in [5.74, 6) is -1.02. The lowest BCUT2D eigenvalue weighted by Crippen LogP contribution is -2.41. The molecule has 9 heteroatoms. The molecule has 0 aliphatic carbocycles. The summed E-state index contributed by atoms with van der Waals surface area (Å²) in [5, 5.41) is 10.6. The molecule has 0 aromatic carbocycles. The van der Waals surface area contributed by atoms with Gasteiger partial charge in [-0.3, -0.25) is 0 Å². The van der Waals surface area contributed by atoms with Gasteiger partial charge in [0.1, 0.15) is 11.5 Å². The highest BCUT2D eigenvalue weighted by molar-refractivity contribution is 7.89. The van der Waals surface area contributed by atoms with Crippen molar-refractivity contribution in [2.45, 2.75) is 17.7 Å². The zero-order valence-electron chi connectivity index (χ0n) is 12.2. The summed E-state index contributed by atoms with van der Waals surface area (Å²) in [6.45, 7) is 0.679. The zero-order chi connectivity index (χ0) is 16.2. The average Bonchev–Trinajstić information content (AvgIpc) is 2.96. The lowest BCUT2D eigenvalue weighted by Gasteiger charge is -2.31. The van der Waals surface area contributed by atoms with E-state index in [1.54, 1.807) is 11.4 Å². The van der Waals surface area contributed by atoms with Gasteiger partial charge in [-0.25, -0.2) is 13.2 Å². The van der Waals surface area contributed by atoms with E-state index in [9.17, 15) is 13.2 Å². The molecule has 2 heterocycles. The summed E-state index contributed by atoms with van der Waals surface area (Å²) in [7, 11) is -2.14. The molecule has 1 N–H and O–H groups in total. The molecule has 0 spiro atoms. The summed E-state index contributed by atoms with van der Waals surface area (Å²) < 4.78 is 37.0. The van der Waals surface area contributed by atoms with Crippen LogP contribution in [0.1, 0.15) is 12.8 Å². The van der Waals surface area contributed by atoms with E-state index >= 15 is 0 Å². The SMILES string of the molecule is COc1sccc1S(=O)(=O)N1CCCC(COCC(=O)O)C1. The Balaban J connectivity index is 2.03. The Morgan fingerprint density at radius 3 is 3.00 bits per heavy atom. The number of ether oxygens (including phenoxy) is 2. The number of piperidine rings is 1. The number of hydrogen-bond acceptors (Lipinski definition) is 6. The van der Waals surface area contributed by atoms with Gasteiger partial charge in [0.15, 0.2) is 5.06 Å². The van der Waals surface area contributed by atoms with Crippen molar-refractivity contribution in [1.29, 1.82) is 0 Å². The van der Waals surface area contributed by atoms with E-state index in [0.717, 1.165) is 12.8 Å². The van der Waals surface area contributed by atoms with Gasteiger partial charge < -0.3 is 14.6 Å². The second-order valence-corrected chi connectivity index (χ2v) is 7.84. The zero-order valence-corrected chi connectivity index (χ0v) is 13.9. The number of thiophene rings is 1. The minimum Gasteiger partial charge on any atom is -0.486 e. The van der Waals surface area contributed by atoms with E-state index in [-0.39, 0.29) is 24.0 Å². The molecule has 1 aromatic heterocycles. The Morgan fingerprint density at radius 2 is 2.32 bits per heavy atom. The molecule has 0 saturated carbocycles. The van der Waals surface area contributed by atoms with E-state index in [1.165, 1.54) is 22.8 Å². The van der Waals surface area contributed by atoms with Gasteiger partial charge in [0, 0.05) is 13.1 Å². The smallest absolute Gasteiger partial charge is 0.329 e. The molecule has 0 amide bonds. The van der Waals surface area contributed by atoms with E-state index in [1.807, 2.05) is 0 Å². The maximum absolute atomic E-state index is 12.7. The molecule has 0 bridgehead atoms. The van der Waals surface area contributed by atoms with Crippen LogP contribution < -0.4 is 4.74 Å². The molecule has 22 heavy (non-hydrogen) atoms. The third-order valence-corrected chi connectivity index (χ3v) is 6.35. The van der Waals surface area contributed by atoms with Crippen LogP contribution in [0.25, 0.3) is 0 Å². The summed E-state index contributed by atoms with van der Waals surface area (Å²) in [6, 6.07) is 1.55. The normalized spacial score (nSPS) is 20.0. The summed E-state index contributed by atoms with van der Waals surface area (Å²) >= 11 is 1.24. The van der Waals surface area contributed by atoms with Crippen LogP contribution in [0.5, 0.6) is 5.06 Å². The van der Waals surface area contributed by atoms with Crippen LogP contribution in [0.15, 0.2) is 16.3 Å². The Morgan fingerprint density at radius 1 is 1.55 bits per heavy atom. The number of sulfonamides is 1. The van der Waals surface area contributed by atoms with E-state index < -0.39 is 16.0 Å². The molecule has 0 radical (unpaired) electrons. The first-order valence-corrected chi connectivity index (χ1v) is 9.18. The Kier molecular flexibility index (Phi) is 5.79. The van der Waals surface area contributed by atoms with Gasteiger partial charge in [-0.1, -0.05) is 0 Å². The number of carbonyl (C=O) groups is 1. The third-order valence-electron chi connectivity index (χ3n) is 3.46. The molecule has 1 aliphatic heterocycles. The van der Waals surface area contributed by atoms with Gasteiger partial charge >= 0.3 is 5.97 Å². The lowest BCUT2D eigenvalue weighted by molar-refractivity contribution is -0.142. The van der Waals surface area contributed by atoms with E-state index in [2.05, 4.69) is 0 Å². The molecule has 1 unspecified atom stereocenters. The second kappa shape index (κ2) is 7.40. The molecule has 2 rings (SSSR count). The topological polar surface area (TPSA) is 93.1 Å². The van der Waals surface area contributed by atoms with Crippen molar-refractivity contribution in [3.05, 3.63) is 11.4 Å². The van der Waals surface area contributed by atoms with Gasteiger partial charge in [-0.05, 0) is 30.2 Å². The maximum Gasteiger partial charge on any atom is 0.329 e. The fourth-order valence-electron chi connectivity index (χ4n) is 2.46. The molecule has 1 aliphatic rings. The van der Waals surface area contributed by atoms with Gasteiger partial charge in [-0.15, -0.1) is 11.3 Å². The molecule has 1 atom stereocenters. The van der Waals surface area contributed by atoms with Crippen LogP contribution in [-0.2, 0) is 19.6 Å². The predicted molar refractivity (Wildman–Crippen MR) is 80.8 cm³/mol. The van der Waals surface area contributed by atoms with Crippen LogP contribution in [0.4, 0.5) is 0 Å². The molecule has 1 saturated heterocycles. The number of nitrogens with zero attached hydrogens (tertiary/aromatic N) is 1. The van der Waals surface area contributed by atoms with Crippen molar-refractivity contribution in [3.8, 4) is 5.06 Å². The number of methoxy groups -OCH3 is 1. The van der Waals surface area contributed by atoms with Crippen molar-refractivity contribution in [2.24, 2.45) is 5.92 Å². The van der Waals surface area contributed by atoms with Crippen LogP contribution in [0.3, 0.4) is 0 Å². The van der Waals surface area contributed by atoms with Gasteiger partial charge in [0.25, 0.3) is 0 Å². The molecule has 1 fully saturated rings.